The number of esters is 1. The normalized spacial score (nSPS) is 21.5. The summed E-state index contributed by atoms with van der Waals surface area (Å²) in [5.41, 5.74) is 2.19. The van der Waals surface area contributed by atoms with E-state index in [0.29, 0.717) is 12.2 Å². The lowest BCUT2D eigenvalue weighted by Crippen LogP contribution is -2.50. The number of carbonyl (C=O) groups is 2. The summed E-state index contributed by atoms with van der Waals surface area (Å²) >= 11 is 0. The van der Waals surface area contributed by atoms with Crippen LogP contribution >= 0.6 is 0 Å². The molecule has 28 heavy (non-hydrogen) atoms. The highest BCUT2D eigenvalue weighted by Gasteiger charge is 2.46. The molecule has 6 heteroatoms. The molecule has 2 aliphatic heterocycles. The predicted octanol–water partition coefficient (Wildman–Crippen LogP) is 2.51. The number of benzene rings is 1. The standard InChI is InChI=1S/C22H25N3O3/c1-28-21(27)19-9-5-8-17(23-19)15-25-12-10-22(11-13-25)14-18(20(26)24-22)16-6-3-2-4-7-16/h2-9,18H,10-15H2,1H3,(H,24,26)/t18-/m0/s1. The topological polar surface area (TPSA) is 71.5 Å². The summed E-state index contributed by atoms with van der Waals surface area (Å²) in [4.78, 5) is 31.0. The first kappa shape index (κ1) is 18.6. The molecular weight excluding hydrogens is 354 g/mol. The summed E-state index contributed by atoms with van der Waals surface area (Å²) in [6.45, 7) is 2.48. The van der Waals surface area contributed by atoms with E-state index >= 15 is 0 Å². The van der Waals surface area contributed by atoms with Gasteiger partial charge in [0, 0.05) is 25.2 Å². The maximum atomic E-state index is 12.6. The number of nitrogens with one attached hydrogen (secondary N) is 1. The monoisotopic (exact) mass is 379 g/mol. The molecule has 1 aromatic heterocycles. The van der Waals surface area contributed by atoms with E-state index in [9.17, 15) is 9.59 Å². The lowest BCUT2D eigenvalue weighted by atomic mass is 9.82. The summed E-state index contributed by atoms with van der Waals surface area (Å²) in [6.07, 6.45) is 2.72. The van der Waals surface area contributed by atoms with E-state index < -0.39 is 5.97 Å². The van der Waals surface area contributed by atoms with Gasteiger partial charge in [-0.25, -0.2) is 9.78 Å². The molecule has 146 valence electrons. The molecule has 1 amide bonds. The third kappa shape index (κ3) is 3.78. The van der Waals surface area contributed by atoms with Crippen molar-refractivity contribution in [3.05, 3.63) is 65.5 Å². The minimum Gasteiger partial charge on any atom is -0.464 e. The van der Waals surface area contributed by atoms with E-state index in [4.69, 9.17) is 4.74 Å². The number of amides is 1. The Morgan fingerprint density at radius 1 is 1.18 bits per heavy atom. The van der Waals surface area contributed by atoms with Crippen LogP contribution in [0.4, 0.5) is 0 Å². The zero-order valence-corrected chi connectivity index (χ0v) is 16.1. The van der Waals surface area contributed by atoms with Gasteiger partial charge in [0.15, 0.2) is 0 Å². The maximum Gasteiger partial charge on any atom is 0.356 e. The second kappa shape index (κ2) is 7.72. The predicted molar refractivity (Wildman–Crippen MR) is 105 cm³/mol. The van der Waals surface area contributed by atoms with Crippen molar-refractivity contribution >= 4 is 11.9 Å². The fourth-order valence-electron chi connectivity index (χ4n) is 4.32. The Morgan fingerprint density at radius 3 is 2.64 bits per heavy atom. The molecule has 3 heterocycles. The Bertz CT molecular complexity index is 860. The number of piperidine rings is 1. The lowest BCUT2D eigenvalue weighted by Gasteiger charge is -2.39. The number of rotatable bonds is 4. The SMILES string of the molecule is COC(=O)c1cccc(CN2CCC3(CC2)C[C@@H](c2ccccc2)C(=O)N3)n1. The highest BCUT2D eigenvalue weighted by atomic mass is 16.5. The Balaban J connectivity index is 1.37. The molecule has 2 aliphatic rings. The van der Waals surface area contributed by atoms with E-state index in [2.05, 4.69) is 15.2 Å². The van der Waals surface area contributed by atoms with Crippen molar-refractivity contribution in [2.75, 3.05) is 20.2 Å². The smallest absolute Gasteiger partial charge is 0.356 e. The molecule has 0 bridgehead atoms. The van der Waals surface area contributed by atoms with Crippen LogP contribution in [0.3, 0.4) is 0 Å². The molecule has 1 N–H and O–H groups in total. The van der Waals surface area contributed by atoms with Gasteiger partial charge in [0.1, 0.15) is 5.69 Å². The minimum atomic E-state index is -0.417. The van der Waals surface area contributed by atoms with Gasteiger partial charge in [-0.15, -0.1) is 0 Å². The van der Waals surface area contributed by atoms with Gasteiger partial charge in [0.25, 0.3) is 0 Å². The molecule has 1 atom stereocenters. The fourth-order valence-corrected chi connectivity index (χ4v) is 4.32. The van der Waals surface area contributed by atoms with Crippen LogP contribution in [0.2, 0.25) is 0 Å². The number of methoxy groups -OCH3 is 1. The van der Waals surface area contributed by atoms with Gasteiger partial charge in [-0.3, -0.25) is 9.69 Å². The molecule has 0 aliphatic carbocycles. The highest BCUT2D eigenvalue weighted by Crippen LogP contribution is 2.39. The molecule has 2 fully saturated rings. The van der Waals surface area contributed by atoms with Crippen LogP contribution in [-0.4, -0.2) is 47.5 Å². The molecule has 0 radical (unpaired) electrons. The van der Waals surface area contributed by atoms with Crippen molar-refractivity contribution in [2.24, 2.45) is 0 Å². The number of hydrogen-bond donors (Lipinski definition) is 1. The largest absolute Gasteiger partial charge is 0.464 e. The quantitative estimate of drug-likeness (QED) is 0.827. The van der Waals surface area contributed by atoms with Crippen molar-refractivity contribution in [1.82, 2.24) is 15.2 Å². The first-order chi connectivity index (χ1) is 13.6. The average Bonchev–Trinajstić information content (AvgIpc) is 3.06. The third-order valence-corrected chi connectivity index (χ3v) is 5.90. The van der Waals surface area contributed by atoms with Gasteiger partial charge < -0.3 is 10.1 Å². The van der Waals surface area contributed by atoms with Crippen LogP contribution in [0.15, 0.2) is 48.5 Å². The lowest BCUT2D eigenvalue weighted by molar-refractivity contribution is -0.121. The molecule has 2 aromatic rings. The summed E-state index contributed by atoms with van der Waals surface area (Å²) in [6, 6.07) is 15.5. The summed E-state index contributed by atoms with van der Waals surface area (Å²) in [7, 11) is 1.36. The molecule has 1 aromatic carbocycles. The van der Waals surface area contributed by atoms with Gasteiger partial charge in [-0.05, 0) is 37.0 Å². The first-order valence-corrected chi connectivity index (χ1v) is 9.72. The third-order valence-electron chi connectivity index (χ3n) is 5.90. The van der Waals surface area contributed by atoms with E-state index in [1.54, 1.807) is 6.07 Å². The maximum absolute atomic E-state index is 12.6. The fraction of sp³-hybridized carbons (Fsp3) is 0.409. The number of aromatic nitrogens is 1. The van der Waals surface area contributed by atoms with Crippen LogP contribution < -0.4 is 5.32 Å². The molecule has 4 rings (SSSR count). The Hall–Kier alpha value is -2.73. The summed E-state index contributed by atoms with van der Waals surface area (Å²) in [5, 5.41) is 3.29. The van der Waals surface area contributed by atoms with Gasteiger partial charge in [-0.2, -0.15) is 0 Å². The summed E-state index contributed by atoms with van der Waals surface area (Å²) < 4.78 is 4.75. The number of carbonyl (C=O) groups excluding carboxylic acids is 2. The molecule has 0 unspecified atom stereocenters. The van der Waals surface area contributed by atoms with Gasteiger partial charge in [-0.1, -0.05) is 36.4 Å². The van der Waals surface area contributed by atoms with E-state index in [1.807, 2.05) is 42.5 Å². The van der Waals surface area contributed by atoms with Crippen LogP contribution in [0.1, 0.15) is 46.9 Å². The van der Waals surface area contributed by atoms with Crippen molar-refractivity contribution in [1.29, 1.82) is 0 Å². The molecule has 6 nitrogen and oxygen atoms in total. The Morgan fingerprint density at radius 2 is 1.93 bits per heavy atom. The van der Waals surface area contributed by atoms with Crippen LogP contribution in [-0.2, 0) is 16.1 Å². The Kier molecular flexibility index (Phi) is 5.13. The van der Waals surface area contributed by atoms with Crippen molar-refractivity contribution in [2.45, 2.75) is 37.3 Å². The number of hydrogen-bond acceptors (Lipinski definition) is 5. The van der Waals surface area contributed by atoms with Crippen molar-refractivity contribution < 1.29 is 14.3 Å². The second-order valence-corrected chi connectivity index (χ2v) is 7.72. The van der Waals surface area contributed by atoms with Crippen molar-refractivity contribution in [3.8, 4) is 0 Å². The van der Waals surface area contributed by atoms with Crippen molar-refractivity contribution in [3.63, 3.8) is 0 Å². The summed E-state index contributed by atoms with van der Waals surface area (Å²) in [5.74, 6) is -0.321. The van der Waals surface area contributed by atoms with E-state index in [1.165, 1.54) is 7.11 Å². The van der Waals surface area contributed by atoms with Crippen LogP contribution in [0, 0.1) is 0 Å². The molecule has 1 spiro atoms. The van der Waals surface area contributed by atoms with Crippen LogP contribution in [0.5, 0.6) is 0 Å². The van der Waals surface area contributed by atoms with Gasteiger partial charge in [0.2, 0.25) is 5.91 Å². The number of likely N-dealkylation sites (tertiary alicyclic amines) is 1. The minimum absolute atomic E-state index is 0.0499. The highest BCUT2D eigenvalue weighted by molar-refractivity contribution is 5.87. The average molecular weight is 379 g/mol. The zero-order chi connectivity index (χ0) is 19.6. The Labute approximate surface area is 164 Å². The molecular formula is C22H25N3O3. The zero-order valence-electron chi connectivity index (χ0n) is 16.1. The first-order valence-electron chi connectivity index (χ1n) is 9.72. The number of nitrogens with zero attached hydrogens (tertiary/aromatic N) is 2. The van der Waals surface area contributed by atoms with Gasteiger partial charge >= 0.3 is 5.97 Å². The van der Waals surface area contributed by atoms with E-state index in [-0.39, 0.29) is 17.4 Å². The van der Waals surface area contributed by atoms with E-state index in [0.717, 1.165) is 43.6 Å². The number of pyridine rings is 1. The number of ether oxygens (including phenoxy) is 1. The van der Waals surface area contributed by atoms with Gasteiger partial charge in [0.05, 0.1) is 18.7 Å². The second-order valence-electron chi connectivity index (χ2n) is 7.72. The van der Waals surface area contributed by atoms with Crippen LogP contribution in [0.25, 0.3) is 0 Å². The molecule has 2 saturated heterocycles. The molecule has 0 saturated carbocycles.